The second-order valence-electron chi connectivity index (χ2n) is 4.40. The van der Waals surface area contributed by atoms with E-state index in [0.717, 1.165) is 17.5 Å². The first-order valence-electron chi connectivity index (χ1n) is 5.87. The summed E-state index contributed by atoms with van der Waals surface area (Å²) < 4.78 is 0. The highest BCUT2D eigenvalue weighted by Crippen LogP contribution is 2.27. The molecule has 0 aromatic heterocycles. The van der Waals surface area contributed by atoms with Crippen molar-refractivity contribution in [2.75, 3.05) is 0 Å². The summed E-state index contributed by atoms with van der Waals surface area (Å²) in [6.45, 7) is 0. The van der Waals surface area contributed by atoms with Crippen molar-refractivity contribution < 1.29 is 9.90 Å². The van der Waals surface area contributed by atoms with Crippen LogP contribution >= 0.6 is 0 Å². The van der Waals surface area contributed by atoms with Gasteiger partial charge in [-0.1, -0.05) is 36.4 Å². The fourth-order valence-electron chi connectivity index (χ4n) is 2.23. The number of carboxylic acid groups (broad SMARTS) is 1. The summed E-state index contributed by atoms with van der Waals surface area (Å²) in [5.74, 6) is -0.890. The Kier molecular flexibility index (Phi) is 2.49. The average molecular weight is 236 g/mol. The monoisotopic (exact) mass is 236 g/mol. The number of hydrogen-bond donors (Lipinski definition) is 1. The van der Waals surface area contributed by atoms with Crippen molar-refractivity contribution in [2.45, 2.75) is 6.42 Å². The summed E-state index contributed by atoms with van der Waals surface area (Å²) in [6, 6.07) is 13.3. The summed E-state index contributed by atoms with van der Waals surface area (Å²) in [6.07, 6.45) is 5.29. The van der Waals surface area contributed by atoms with Crippen molar-refractivity contribution in [2.24, 2.45) is 0 Å². The summed E-state index contributed by atoms with van der Waals surface area (Å²) in [5, 5.41) is 8.86. The molecule has 1 N–H and O–H groups in total. The van der Waals surface area contributed by atoms with E-state index in [1.54, 1.807) is 12.1 Å². The lowest BCUT2D eigenvalue weighted by Gasteiger charge is -2.05. The van der Waals surface area contributed by atoms with E-state index in [-0.39, 0.29) is 0 Å². The largest absolute Gasteiger partial charge is 0.478 e. The summed E-state index contributed by atoms with van der Waals surface area (Å²) >= 11 is 0. The predicted molar refractivity (Wildman–Crippen MR) is 71.6 cm³/mol. The maximum Gasteiger partial charge on any atom is 0.335 e. The standard InChI is InChI=1S/C16H12O2/c17-16(18)13-7-4-12(5-8-13)15-9-6-11-2-1-3-14(11)10-15/h1,3-10H,2H2,(H,17,18). The van der Waals surface area contributed by atoms with Gasteiger partial charge < -0.3 is 5.11 Å². The third-order valence-electron chi connectivity index (χ3n) is 3.25. The van der Waals surface area contributed by atoms with Crippen molar-refractivity contribution >= 4 is 12.0 Å². The first-order valence-corrected chi connectivity index (χ1v) is 5.87. The van der Waals surface area contributed by atoms with E-state index >= 15 is 0 Å². The van der Waals surface area contributed by atoms with Gasteiger partial charge in [-0.05, 0) is 46.9 Å². The maximum absolute atomic E-state index is 10.8. The van der Waals surface area contributed by atoms with Crippen LogP contribution in [0, 0.1) is 0 Å². The Balaban J connectivity index is 1.99. The third kappa shape index (κ3) is 1.82. The van der Waals surface area contributed by atoms with Gasteiger partial charge in [0, 0.05) is 0 Å². The number of allylic oxidation sites excluding steroid dienone is 1. The van der Waals surface area contributed by atoms with Gasteiger partial charge in [-0.3, -0.25) is 0 Å². The van der Waals surface area contributed by atoms with E-state index in [9.17, 15) is 4.79 Å². The van der Waals surface area contributed by atoms with Crippen LogP contribution in [0.2, 0.25) is 0 Å². The number of carboxylic acids is 1. The molecule has 0 radical (unpaired) electrons. The number of benzene rings is 2. The number of rotatable bonds is 2. The van der Waals surface area contributed by atoms with Gasteiger partial charge in [-0.15, -0.1) is 0 Å². The van der Waals surface area contributed by atoms with Gasteiger partial charge in [0.25, 0.3) is 0 Å². The van der Waals surface area contributed by atoms with Crippen LogP contribution in [0.4, 0.5) is 0 Å². The number of aromatic carboxylic acids is 1. The van der Waals surface area contributed by atoms with Crippen LogP contribution in [0.25, 0.3) is 17.2 Å². The topological polar surface area (TPSA) is 37.3 Å². The minimum atomic E-state index is -0.890. The molecule has 0 spiro atoms. The third-order valence-corrected chi connectivity index (χ3v) is 3.25. The first kappa shape index (κ1) is 10.8. The van der Waals surface area contributed by atoms with Gasteiger partial charge in [0.1, 0.15) is 0 Å². The molecule has 0 saturated carbocycles. The van der Waals surface area contributed by atoms with Crippen molar-refractivity contribution in [1.82, 2.24) is 0 Å². The molecule has 0 unspecified atom stereocenters. The van der Waals surface area contributed by atoms with Gasteiger partial charge >= 0.3 is 5.97 Å². The van der Waals surface area contributed by atoms with E-state index in [2.05, 4.69) is 30.4 Å². The lowest BCUT2D eigenvalue weighted by Crippen LogP contribution is -1.95. The van der Waals surface area contributed by atoms with E-state index in [1.165, 1.54) is 11.1 Å². The number of hydrogen-bond acceptors (Lipinski definition) is 1. The summed E-state index contributed by atoms with van der Waals surface area (Å²) in [5.41, 5.74) is 5.09. The van der Waals surface area contributed by atoms with Crippen LogP contribution in [-0.2, 0) is 6.42 Å². The number of carbonyl (C=O) groups is 1. The zero-order valence-electron chi connectivity index (χ0n) is 9.76. The van der Waals surface area contributed by atoms with Crippen molar-refractivity contribution in [3.8, 4) is 11.1 Å². The molecular weight excluding hydrogens is 224 g/mol. The molecule has 0 fully saturated rings. The SMILES string of the molecule is O=C(O)c1ccc(-c2ccc3c(c2)C=CC3)cc1. The second kappa shape index (κ2) is 4.15. The van der Waals surface area contributed by atoms with Crippen molar-refractivity contribution in [3.63, 3.8) is 0 Å². The van der Waals surface area contributed by atoms with Gasteiger partial charge in [0.2, 0.25) is 0 Å². The summed E-state index contributed by atoms with van der Waals surface area (Å²) in [7, 11) is 0. The molecule has 1 aliphatic rings. The van der Waals surface area contributed by atoms with E-state index in [4.69, 9.17) is 5.11 Å². The molecule has 1 aliphatic carbocycles. The van der Waals surface area contributed by atoms with Crippen molar-refractivity contribution in [1.29, 1.82) is 0 Å². The van der Waals surface area contributed by atoms with Gasteiger partial charge in [-0.25, -0.2) is 4.79 Å². The van der Waals surface area contributed by atoms with Crippen LogP contribution in [0.3, 0.4) is 0 Å². The Morgan fingerprint density at radius 1 is 1.00 bits per heavy atom. The molecule has 0 bridgehead atoms. The lowest BCUT2D eigenvalue weighted by molar-refractivity contribution is 0.0697. The zero-order chi connectivity index (χ0) is 12.5. The molecule has 3 rings (SSSR count). The minimum absolute atomic E-state index is 0.319. The molecule has 2 heteroatoms. The second-order valence-corrected chi connectivity index (χ2v) is 4.40. The molecule has 0 aliphatic heterocycles. The highest BCUT2D eigenvalue weighted by molar-refractivity contribution is 5.88. The molecule has 0 heterocycles. The number of fused-ring (bicyclic) bond motifs is 1. The Morgan fingerprint density at radius 3 is 2.44 bits per heavy atom. The van der Waals surface area contributed by atoms with E-state index in [1.807, 2.05) is 12.1 Å². The molecule has 2 nitrogen and oxygen atoms in total. The molecular formula is C16H12O2. The van der Waals surface area contributed by atoms with Crippen LogP contribution in [-0.4, -0.2) is 11.1 Å². The fourth-order valence-corrected chi connectivity index (χ4v) is 2.23. The van der Waals surface area contributed by atoms with E-state index < -0.39 is 5.97 Å². The van der Waals surface area contributed by atoms with Crippen LogP contribution in [0.5, 0.6) is 0 Å². The smallest absolute Gasteiger partial charge is 0.335 e. The van der Waals surface area contributed by atoms with E-state index in [0.29, 0.717) is 5.56 Å². The maximum atomic E-state index is 10.8. The normalized spacial score (nSPS) is 12.4. The predicted octanol–water partition coefficient (Wildman–Crippen LogP) is 3.62. The molecule has 2 aromatic carbocycles. The Hall–Kier alpha value is -2.35. The van der Waals surface area contributed by atoms with Gasteiger partial charge in [-0.2, -0.15) is 0 Å². The van der Waals surface area contributed by atoms with Gasteiger partial charge in [0.05, 0.1) is 5.56 Å². The van der Waals surface area contributed by atoms with Crippen LogP contribution in [0.15, 0.2) is 48.5 Å². The average Bonchev–Trinajstić information content (AvgIpc) is 2.86. The molecule has 0 amide bonds. The van der Waals surface area contributed by atoms with Crippen molar-refractivity contribution in [3.05, 3.63) is 65.2 Å². The minimum Gasteiger partial charge on any atom is -0.478 e. The molecule has 18 heavy (non-hydrogen) atoms. The molecule has 0 atom stereocenters. The van der Waals surface area contributed by atoms with Crippen LogP contribution in [0.1, 0.15) is 21.5 Å². The molecule has 88 valence electrons. The quantitative estimate of drug-likeness (QED) is 0.864. The van der Waals surface area contributed by atoms with Gasteiger partial charge in [0.15, 0.2) is 0 Å². The lowest BCUT2D eigenvalue weighted by atomic mass is 9.99. The fraction of sp³-hybridized carbons (Fsp3) is 0.0625. The Morgan fingerprint density at radius 2 is 1.72 bits per heavy atom. The zero-order valence-corrected chi connectivity index (χ0v) is 9.76. The first-order chi connectivity index (χ1) is 8.74. The Labute approximate surface area is 105 Å². The van der Waals surface area contributed by atoms with Crippen LogP contribution < -0.4 is 0 Å². The molecule has 0 saturated heterocycles. The Bertz CT molecular complexity index is 637. The highest BCUT2D eigenvalue weighted by atomic mass is 16.4. The summed E-state index contributed by atoms with van der Waals surface area (Å²) in [4.78, 5) is 10.8. The highest BCUT2D eigenvalue weighted by Gasteiger charge is 2.07. The molecule has 2 aromatic rings.